The fourth-order valence-electron chi connectivity index (χ4n) is 12.2. The Morgan fingerprint density at radius 1 is 0.560 bits per heavy atom. The maximum atomic E-state index is 13.5. The Morgan fingerprint density at radius 3 is 1.22 bits per heavy atom. The third-order valence-corrected chi connectivity index (χ3v) is 15.3. The number of hydrogen-bond donors (Lipinski definition) is 2. The second kappa shape index (κ2) is 13.4. The van der Waals surface area contributed by atoms with Crippen LogP contribution in [0.25, 0.3) is 0 Å². The van der Waals surface area contributed by atoms with Crippen molar-refractivity contribution in [2.45, 2.75) is 146 Å². The summed E-state index contributed by atoms with van der Waals surface area (Å²) in [6.45, 7) is 6.71. The molecule has 0 radical (unpaired) electrons. The fraction of sp³-hybridized carbons (Fsp3) is 0.682. The average Bonchev–Trinajstić information content (AvgIpc) is 3.89. The van der Waals surface area contributed by atoms with Gasteiger partial charge in [0.15, 0.2) is 0 Å². The average molecular weight is 677 g/mol. The van der Waals surface area contributed by atoms with Crippen molar-refractivity contribution in [3.63, 3.8) is 0 Å². The minimum Gasteiger partial charge on any atom is -0.353 e. The number of nitrogens with zero attached hydrogens (tertiary/aromatic N) is 2. The van der Waals surface area contributed by atoms with E-state index in [1.54, 1.807) is 22.3 Å². The van der Waals surface area contributed by atoms with Gasteiger partial charge in [0.2, 0.25) is 11.8 Å². The maximum absolute atomic E-state index is 13.5. The van der Waals surface area contributed by atoms with Gasteiger partial charge < -0.3 is 10.6 Å². The highest BCUT2D eigenvalue weighted by Crippen LogP contribution is 2.55. The van der Waals surface area contributed by atoms with Crippen LogP contribution in [0.2, 0.25) is 0 Å². The lowest BCUT2D eigenvalue weighted by molar-refractivity contribution is -0.152. The molecule has 2 aromatic rings. The molecule has 2 amide bonds. The van der Waals surface area contributed by atoms with Crippen LogP contribution in [0, 0.1) is 29.1 Å². The van der Waals surface area contributed by atoms with Gasteiger partial charge in [-0.2, -0.15) is 0 Å². The molecule has 3 aliphatic carbocycles. The van der Waals surface area contributed by atoms with Crippen molar-refractivity contribution < 1.29 is 9.59 Å². The number of hydrogen-bond acceptors (Lipinski definition) is 4. The highest BCUT2D eigenvalue weighted by Gasteiger charge is 2.55. The molecule has 7 aliphatic rings. The normalized spacial score (nSPS) is 36.8. The molecule has 6 nitrogen and oxygen atoms in total. The van der Waals surface area contributed by atoms with Crippen molar-refractivity contribution in [3.8, 4) is 0 Å². The van der Waals surface area contributed by atoms with Crippen molar-refractivity contribution in [2.75, 3.05) is 13.1 Å². The topological polar surface area (TPSA) is 64.7 Å². The summed E-state index contributed by atoms with van der Waals surface area (Å²) in [5.74, 6) is 1.78. The molecule has 2 N–H and O–H groups in total. The molecule has 4 aliphatic heterocycles. The van der Waals surface area contributed by atoms with Crippen LogP contribution in [0.4, 0.5) is 0 Å². The SMILES string of the molecule is CC1(C)C(C(=O)NC2CCC(CCN3[C@@H]4CC[C@H]3c3ccccc34)CC2)CC1C(=O)NC1CCC(CCN2[C@@H]3CC[C@H]2c2ccccc23)CC1. The maximum Gasteiger partial charge on any atom is 0.223 e. The zero-order chi connectivity index (χ0) is 34.0. The summed E-state index contributed by atoms with van der Waals surface area (Å²) >= 11 is 0. The molecular weight excluding hydrogens is 617 g/mol. The van der Waals surface area contributed by atoms with Crippen LogP contribution in [-0.4, -0.2) is 46.8 Å². The van der Waals surface area contributed by atoms with Crippen LogP contribution in [0.5, 0.6) is 0 Å². The molecule has 0 spiro atoms. The van der Waals surface area contributed by atoms with Gasteiger partial charge in [-0.1, -0.05) is 62.4 Å². The zero-order valence-electron chi connectivity index (χ0n) is 30.6. The van der Waals surface area contributed by atoms with Gasteiger partial charge >= 0.3 is 0 Å². The van der Waals surface area contributed by atoms with E-state index < -0.39 is 0 Å². The Balaban J connectivity index is 0.675. The molecule has 5 fully saturated rings. The smallest absolute Gasteiger partial charge is 0.223 e. The predicted octanol–water partition coefficient (Wildman–Crippen LogP) is 8.56. The lowest BCUT2D eigenvalue weighted by Gasteiger charge is -2.50. The zero-order valence-corrected chi connectivity index (χ0v) is 30.6. The van der Waals surface area contributed by atoms with Gasteiger partial charge in [0.1, 0.15) is 0 Å². The number of carbonyl (C=O) groups is 2. The first kappa shape index (κ1) is 33.2. The number of carbonyl (C=O) groups excluding carboxylic acids is 2. The summed E-state index contributed by atoms with van der Waals surface area (Å²) in [6.07, 6.45) is 17.8. The Hall–Kier alpha value is -2.70. The summed E-state index contributed by atoms with van der Waals surface area (Å²) in [5.41, 5.74) is 6.04. The first-order valence-electron chi connectivity index (χ1n) is 20.6. The van der Waals surface area contributed by atoms with Crippen molar-refractivity contribution in [2.24, 2.45) is 29.1 Å². The van der Waals surface area contributed by atoms with Gasteiger partial charge in [0.05, 0.1) is 0 Å². The molecule has 4 heterocycles. The van der Waals surface area contributed by atoms with E-state index in [2.05, 4.69) is 82.8 Å². The third-order valence-electron chi connectivity index (χ3n) is 15.3. The van der Waals surface area contributed by atoms with E-state index in [1.165, 1.54) is 77.3 Å². The molecule has 2 saturated heterocycles. The second-order valence-corrected chi connectivity index (χ2v) is 18.1. The quantitative estimate of drug-likeness (QED) is 0.265. The van der Waals surface area contributed by atoms with Gasteiger partial charge in [-0.25, -0.2) is 0 Å². The standard InChI is InChI=1S/C44H60N4O2/c1-44(2)36(42(49)45-30-15-11-28(12-16-30)23-25-47-38-19-20-39(47)33-8-4-3-7-32(33)38)27-37(44)43(50)46-31-17-13-29(14-18-31)24-26-48-40-21-22-41(48)35-10-6-5-9-34(35)40/h3-10,28-31,36-41H,11-27H2,1-2H3,(H,45,49)(H,46,50)/t28?,29?,30?,31?,36?,37?,38-,39+,40-,41+. The van der Waals surface area contributed by atoms with Gasteiger partial charge in [0, 0.05) is 48.1 Å². The summed E-state index contributed by atoms with van der Waals surface area (Å²) in [6, 6.07) is 21.4. The lowest BCUT2D eigenvalue weighted by Crippen LogP contribution is -2.59. The van der Waals surface area contributed by atoms with Crippen molar-refractivity contribution >= 4 is 11.8 Å². The molecule has 268 valence electrons. The monoisotopic (exact) mass is 676 g/mol. The molecule has 6 heteroatoms. The summed E-state index contributed by atoms with van der Waals surface area (Å²) in [5, 5.41) is 6.88. The number of amides is 2. The van der Waals surface area contributed by atoms with Crippen LogP contribution >= 0.6 is 0 Å². The first-order valence-corrected chi connectivity index (χ1v) is 20.6. The predicted molar refractivity (Wildman–Crippen MR) is 198 cm³/mol. The van der Waals surface area contributed by atoms with E-state index in [9.17, 15) is 9.59 Å². The van der Waals surface area contributed by atoms with Gasteiger partial charge in [-0.05, 0) is 149 Å². The van der Waals surface area contributed by atoms with Gasteiger partial charge in [-0.15, -0.1) is 0 Å². The molecule has 0 aromatic heterocycles. The van der Waals surface area contributed by atoms with E-state index >= 15 is 0 Å². The largest absolute Gasteiger partial charge is 0.353 e. The van der Waals surface area contributed by atoms with Crippen LogP contribution in [-0.2, 0) is 9.59 Å². The van der Waals surface area contributed by atoms with E-state index in [0.717, 1.165) is 37.5 Å². The number of fused-ring (bicyclic) bond motifs is 10. The highest BCUT2D eigenvalue weighted by atomic mass is 16.2. The lowest BCUT2D eigenvalue weighted by atomic mass is 9.54. The minimum atomic E-state index is -0.290. The minimum absolute atomic E-state index is 0.0639. The van der Waals surface area contributed by atoms with Crippen LogP contribution in [0.3, 0.4) is 0 Å². The Kier molecular flexibility index (Phi) is 8.87. The number of rotatable bonds is 10. The molecule has 9 rings (SSSR count). The van der Waals surface area contributed by atoms with Crippen LogP contribution < -0.4 is 10.6 Å². The summed E-state index contributed by atoms with van der Waals surface area (Å²) in [4.78, 5) is 32.5. The van der Waals surface area contributed by atoms with Crippen molar-refractivity contribution in [1.82, 2.24) is 20.4 Å². The first-order chi connectivity index (χ1) is 24.3. The van der Waals surface area contributed by atoms with Crippen molar-refractivity contribution in [3.05, 3.63) is 70.8 Å². The van der Waals surface area contributed by atoms with E-state index in [4.69, 9.17) is 0 Å². The number of nitrogens with one attached hydrogen (secondary N) is 2. The van der Waals surface area contributed by atoms with Crippen molar-refractivity contribution in [1.29, 1.82) is 0 Å². The second-order valence-electron chi connectivity index (χ2n) is 18.1. The Labute approximate surface area is 300 Å². The fourth-order valence-corrected chi connectivity index (χ4v) is 12.2. The number of benzene rings is 2. The van der Waals surface area contributed by atoms with Gasteiger partial charge in [0.25, 0.3) is 0 Å². The molecule has 6 atom stereocenters. The Bertz CT molecular complexity index is 1400. The van der Waals surface area contributed by atoms with Gasteiger partial charge in [-0.3, -0.25) is 19.4 Å². The third kappa shape index (κ3) is 5.85. The summed E-state index contributed by atoms with van der Waals surface area (Å²) in [7, 11) is 0. The molecule has 4 bridgehead atoms. The van der Waals surface area contributed by atoms with E-state index in [1.807, 2.05) is 0 Å². The van der Waals surface area contributed by atoms with Crippen LogP contribution in [0.1, 0.15) is 157 Å². The summed E-state index contributed by atoms with van der Waals surface area (Å²) < 4.78 is 0. The highest BCUT2D eigenvalue weighted by molar-refractivity contribution is 5.87. The molecular formula is C44H60N4O2. The molecule has 3 saturated carbocycles. The molecule has 2 unspecified atom stereocenters. The molecule has 2 aromatic carbocycles. The van der Waals surface area contributed by atoms with E-state index in [0.29, 0.717) is 42.7 Å². The Morgan fingerprint density at radius 2 is 0.900 bits per heavy atom. The van der Waals surface area contributed by atoms with Crippen LogP contribution in [0.15, 0.2) is 48.5 Å². The molecule has 50 heavy (non-hydrogen) atoms. The van der Waals surface area contributed by atoms with E-state index in [-0.39, 0.29) is 29.1 Å².